The van der Waals surface area contributed by atoms with Gasteiger partial charge in [-0.2, -0.15) is 0 Å². The number of benzene rings is 1. The van der Waals surface area contributed by atoms with Crippen molar-refractivity contribution in [2.75, 3.05) is 26.8 Å². The van der Waals surface area contributed by atoms with Gasteiger partial charge in [-0.25, -0.2) is 9.78 Å². The zero-order chi connectivity index (χ0) is 21.9. The molecule has 0 spiro atoms. The zero-order valence-corrected chi connectivity index (χ0v) is 19.3. The van der Waals surface area contributed by atoms with E-state index in [0.29, 0.717) is 23.7 Å². The first-order valence-corrected chi connectivity index (χ1v) is 11.1. The number of nitrogens with one attached hydrogen (secondary N) is 2. The molecule has 0 amide bonds. The minimum atomic E-state index is -0.316. The summed E-state index contributed by atoms with van der Waals surface area (Å²) in [5.74, 6) is 1.30. The molecule has 0 fully saturated rings. The van der Waals surface area contributed by atoms with Gasteiger partial charge in [0.15, 0.2) is 5.96 Å². The van der Waals surface area contributed by atoms with Gasteiger partial charge < -0.3 is 20.1 Å². The van der Waals surface area contributed by atoms with Gasteiger partial charge in [-0.05, 0) is 58.2 Å². The van der Waals surface area contributed by atoms with Crippen LogP contribution in [0.3, 0.4) is 0 Å². The summed E-state index contributed by atoms with van der Waals surface area (Å²) in [5, 5.41) is 7.48. The lowest BCUT2D eigenvalue weighted by molar-refractivity contribution is 0.0531. The van der Waals surface area contributed by atoms with Crippen LogP contribution >= 0.6 is 11.3 Å². The molecule has 0 saturated heterocycles. The quantitative estimate of drug-likeness (QED) is 0.256. The molecule has 0 aliphatic heterocycles. The highest BCUT2D eigenvalue weighted by molar-refractivity contribution is 7.13. The Balaban J connectivity index is 1.95. The molecular weight excluding hydrogens is 400 g/mol. The first-order valence-electron chi connectivity index (χ1n) is 10.3. The normalized spacial score (nSPS) is 12.4. The molecule has 1 aromatic carbocycles. The number of nitrogens with zero attached hydrogens (tertiary/aromatic N) is 2. The maximum absolute atomic E-state index is 12.0. The average molecular weight is 433 g/mol. The van der Waals surface area contributed by atoms with E-state index in [0.717, 1.165) is 36.1 Å². The number of guanidine groups is 1. The van der Waals surface area contributed by atoms with Crippen LogP contribution in [0.15, 0.2) is 29.3 Å². The van der Waals surface area contributed by atoms with Gasteiger partial charge in [-0.3, -0.25) is 4.99 Å². The predicted octanol–water partition coefficient (Wildman–Crippen LogP) is 3.89. The van der Waals surface area contributed by atoms with E-state index in [2.05, 4.69) is 32.7 Å². The van der Waals surface area contributed by atoms with Crippen molar-refractivity contribution in [1.82, 2.24) is 15.6 Å². The standard InChI is InChI=1S/C22H32N4O3S/c1-6-23-22(24-13-9-11-17-10-8-12-18(14-17)28-5)26-16(4)20-25-15(3)19(30-20)21(27)29-7-2/h8,10,12,14,16H,6-7,9,11,13H2,1-5H3,(H2,23,24,26). The fourth-order valence-electron chi connectivity index (χ4n) is 2.88. The van der Waals surface area contributed by atoms with E-state index >= 15 is 0 Å². The number of carbonyl (C=O) groups is 1. The van der Waals surface area contributed by atoms with Gasteiger partial charge in [0.1, 0.15) is 15.6 Å². The fraction of sp³-hybridized carbons (Fsp3) is 0.500. The number of ether oxygens (including phenoxy) is 2. The molecule has 1 unspecified atom stereocenters. The van der Waals surface area contributed by atoms with Crippen LogP contribution in [0.5, 0.6) is 5.75 Å². The Morgan fingerprint density at radius 1 is 1.33 bits per heavy atom. The van der Waals surface area contributed by atoms with Crippen LogP contribution in [0.1, 0.15) is 59.2 Å². The van der Waals surface area contributed by atoms with Crippen LogP contribution in [0.2, 0.25) is 0 Å². The summed E-state index contributed by atoms with van der Waals surface area (Å²) in [6, 6.07) is 8.04. The molecule has 7 nitrogen and oxygen atoms in total. The number of thiazole rings is 1. The molecule has 0 radical (unpaired) electrons. The van der Waals surface area contributed by atoms with Gasteiger partial charge in [0.2, 0.25) is 0 Å². The van der Waals surface area contributed by atoms with Gasteiger partial charge in [-0.1, -0.05) is 12.1 Å². The highest BCUT2D eigenvalue weighted by atomic mass is 32.1. The molecule has 0 saturated carbocycles. The van der Waals surface area contributed by atoms with Crippen LogP contribution in [0.25, 0.3) is 0 Å². The molecular formula is C22H32N4O3S. The van der Waals surface area contributed by atoms with Crippen molar-refractivity contribution in [2.45, 2.75) is 46.6 Å². The van der Waals surface area contributed by atoms with Gasteiger partial charge in [-0.15, -0.1) is 11.3 Å². The number of methoxy groups -OCH3 is 1. The molecule has 0 bridgehead atoms. The number of esters is 1. The van der Waals surface area contributed by atoms with Crippen molar-refractivity contribution < 1.29 is 14.3 Å². The molecule has 0 aliphatic rings. The van der Waals surface area contributed by atoms with Gasteiger partial charge in [0, 0.05) is 13.1 Å². The van der Waals surface area contributed by atoms with Gasteiger partial charge in [0.25, 0.3) is 0 Å². The number of rotatable bonds is 10. The van der Waals surface area contributed by atoms with Crippen LogP contribution in [0, 0.1) is 6.92 Å². The van der Waals surface area contributed by atoms with Gasteiger partial charge >= 0.3 is 5.97 Å². The highest BCUT2D eigenvalue weighted by Crippen LogP contribution is 2.24. The lowest BCUT2D eigenvalue weighted by Crippen LogP contribution is -2.38. The Bertz CT molecular complexity index is 851. The SMILES string of the molecule is CCNC(=NCCCc1cccc(OC)c1)NC(C)c1nc(C)c(C(=O)OCC)s1. The monoisotopic (exact) mass is 432 g/mol. The van der Waals surface area contributed by atoms with Crippen molar-refractivity contribution in [2.24, 2.45) is 4.99 Å². The Labute approximate surface area is 182 Å². The van der Waals surface area contributed by atoms with E-state index < -0.39 is 0 Å². The lowest BCUT2D eigenvalue weighted by Gasteiger charge is -2.16. The maximum Gasteiger partial charge on any atom is 0.350 e. The molecule has 1 atom stereocenters. The molecule has 164 valence electrons. The number of carbonyl (C=O) groups excluding carboxylic acids is 1. The summed E-state index contributed by atoms with van der Waals surface area (Å²) in [6.07, 6.45) is 1.87. The van der Waals surface area contributed by atoms with E-state index in [9.17, 15) is 4.79 Å². The third-order valence-corrected chi connectivity index (χ3v) is 5.69. The Hall–Kier alpha value is -2.61. The Kier molecular flexibility index (Phi) is 9.60. The molecule has 2 rings (SSSR count). The van der Waals surface area contributed by atoms with Crippen LogP contribution in [-0.2, 0) is 11.2 Å². The van der Waals surface area contributed by atoms with E-state index in [1.54, 1.807) is 14.0 Å². The summed E-state index contributed by atoms with van der Waals surface area (Å²) in [4.78, 5) is 21.8. The zero-order valence-electron chi connectivity index (χ0n) is 18.4. The van der Waals surface area contributed by atoms with E-state index in [4.69, 9.17) is 9.47 Å². The van der Waals surface area contributed by atoms with Crippen molar-refractivity contribution in [3.8, 4) is 5.75 Å². The van der Waals surface area contributed by atoms with E-state index in [1.165, 1.54) is 16.9 Å². The van der Waals surface area contributed by atoms with Crippen LogP contribution in [0.4, 0.5) is 0 Å². The van der Waals surface area contributed by atoms with Crippen molar-refractivity contribution >= 4 is 23.3 Å². The Morgan fingerprint density at radius 3 is 2.83 bits per heavy atom. The maximum atomic E-state index is 12.0. The lowest BCUT2D eigenvalue weighted by atomic mass is 10.1. The van der Waals surface area contributed by atoms with Crippen molar-refractivity contribution in [3.05, 3.63) is 45.4 Å². The second kappa shape index (κ2) is 12.2. The molecule has 2 N–H and O–H groups in total. The minimum absolute atomic E-state index is 0.0759. The largest absolute Gasteiger partial charge is 0.497 e. The second-order valence-electron chi connectivity index (χ2n) is 6.77. The number of aryl methyl sites for hydroxylation is 2. The Morgan fingerprint density at radius 2 is 2.13 bits per heavy atom. The predicted molar refractivity (Wildman–Crippen MR) is 122 cm³/mol. The van der Waals surface area contributed by atoms with E-state index in [1.807, 2.05) is 32.9 Å². The first kappa shape index (κ1) is 23.7. The summed E-state index contributed by atoms with van der Waals surface area (Å²) in [7, 11) is 1.68. The first-order chi connectivity index (χ1) is 14.5. The molecule has 30 heavy (non-hydrogen) atoms. The smallest absolute Gasteiger partial charge is 0.350 e. The second-order valence-corrected chi connectivity index (χ2v) is 7.80. The average Bonchev–Trinajstić information content (AvgIpc) is 3.13. The topological polar surface area (TPSA) is 84.8 Å². The number of aromatic nitrogens is 1. The molecule has 0 aliphatic carbocycles. The number of hydrogen-bond donors (Lipinski definition) is 2. The molecule has 8 heteroatoms. The molecule has 2 aromatic rings. The summed E-state index contributed by atoms with van der Waals surface area (Å²) in [6.45, 7) is 9.49. The summed E-state index contributed by atoms with van der Waals surface area (Å²) < 4.78 is 10.4. The number of aliphatic imine (C=N–C) groups is 1. The van der Waals surface area contributed by atoms with E-state index in [-0.39, 0.29) is 12.0 Å². The van der Waals surface area contributed by atoms with Gasteiger partial charge in [0.05, 0.1) is 25.5 Å². The third-order valence-electron chi connectivity index (χ3n) is 4.37. The summed E-state index contributed by atoms with van der Waals surface area (Å²) in [5.41, 5.74) is 1.93. The fourth-order valence-corrected chi connectivity index (χ4v) is 3.84. The number of hydrogen-bond acceptors (Lipinski definition) is 6. The van der Waals surface area contributed by atoms with Crippen molar-refractivity contribution in [1.29, 1.82) is 0 Å². The molecule has 1 aromatic heterocycles. The third kappa shape index (κ3) is 7.02. The van der Waals surface area contributed by atoms with Crippen LogP contribution < -0.4 is 15.4 Å². The summed E-state index contributed by atoms with van der Waals surface area (Å²) >= 11 is 1.36. The highest BCUT2D eigenvalue weighted by Gasteiger charge is 2.20. The van der Waals surface area contributed by atoms with Crippen molar-refractivity contribution in [3.63, 3.8) is 0 Å². The van der Waals surface area contributed by atoms with Crippen LogP contribution in [-0.4, -0.2) is 43.7 Å². The molecule has 1 heterocycles. The minimum Gasteiger partial charge on any atom is -0.497 e.